The fraction of sp³-hybridized carbons (Fsp3) is 0.326. The Hall–Kier alpha value is -5.35. The fourth-order valence-electron chi connectivity index (χ4n) is 9.96. The zero-order valence-corrected chi connectivity index (χ0v) is 34.4. The van der Waals surface area contributed by atoms with Crippen LogP contribution in [0.5, 0.6) is 11.5 Å². The van der Waals surface area contributed by atoms with Crippen LogP contribution in [-0.4, -0.2) is 72.1 Å². The highest BCUT2D eigenvalue weighted by Crippen LogP contribution is 2.65. The molecule has 3 aliphatic heterocycles. The molecule has 6 unspecified atom stereocenters. The van der Waals surface area contributed by atoms with Crippen molar-refractivity contribution in [2.75, 3.05) is 48.6 Å². The normalized spacial score (nSPS) is 26.2. The molecular weight excluding hydrogens is 862 g/mol. The molecule has 316 valence electrons. The van der Waals surface area contributed by atoms with Gasteiger partial charge in [0.2, 0.25) is 11.8 Å². The third-order valence-electron chi connectivity index (χ3n) is 12.6. The summed E-state index contributed by atoms with van der Waals surface area (Å²) in [5.74, 6) is -8.11. The highest BCUT2D eigenvalue weighted by Gasteiger charge is 2.70. The second-order valence-electron chi connectivity index (χ2n) is 15.6. The van der Waals surface area contributed by atoms with Crippen LogP contribution in [-0.2, 0) is 35.5 Å². The smallest absolute Gasteiger partial charge is 0.417 e. The van der Waals surface area contributed by atoms with Crippen molar-refractivity contribution in [2.24, 2.45) is 23.7 Å². The predicted octanol–water partition coefficient (Wildman–Crippen LogP) is 7.80. The number of hydrogen-bond acceptors (Lipinski definition) is 10. The van der Waals surface area contributed by atoms with Gasteiger partial charge >= 0.3 is 6.18 Å². The number of halogens is 6. The number of hydrogen-bond donors (Lipinski definition) is 2. The molecule has 2 N–H and O–H groups in total. The summed E-state index contributed by atoms with van der Waals surface area (Å²) in [4.78, 5) is 66.7. The number of pyridine rings is 1. The van der Waals surface area contributed by atoms with Gasteiger partial charge in [0, 0.05) is 35.9 Å². The van der Waals surface area contributed by atoms with Gasteiger partial charge in [-0.15, -0.1) is 0 Å². The summed E-state index contributed by atoms with van der Waals surface area (Å²) in [6, 6.07) is 17.1. The van der Waals surface area contributed by atoms with Crippen molar-refractivity contribution in [1.29, 1.82) is 0 Å². The maximum absolute atomic E-state index is 15.5. The number of phenols is 1. The molecule has 61 heavy (non-hydrogen) atoms. The quantitative estimate of drug-likeness (QED) is 0.140. The van der Waals surface area contributed by atoms with E-state index in [0.29, 0.717) is 71.0 Å². The maximum atomic E-state index is 15.5. The molecule has 6 atom stereocenters. The summed E-state index contributed by atoms with van der Waals surface area (Å²) in [5.41, 5.74) is 2.22. The van der Waals surface area contributed by atoms with Gasteiger partial charge in [-0.05, 0) is 84.5 Å². The topological polar surface area (TPSA) is 142 Å². The molecule has 2 aliphatic carbocycles. The van der Waals surface area contributed by atoms with Gasteiger partial charge < -0.3 is 19.5 Å². The van der Waals surface area contributed by atoms with E-state index >= 15 is 9.59 Å². The maximum Gasteiger partial charge on any atom is 0.417 e. The number of aromatic nitrogens is 1. The van der Waals surface area contributed by atoms with Crippen LogP contribution < -0.4 is 20.0 Å². The molecule has 0 radical (unpaired) electrons. The molecular formula is C43H35Cl3F3N5O7. The Balaban J connectivity index is 1.18. The Labute approximate surface area is 361 Å². The number of imide groups is 2. The third kappa shape index (κ3) is 6.50. The van der Waals surface area contributed by atoms with Crippen molar-refractivity contribution in [1.82, 2.24) is 9.99 Å². The van der Waals surface area contributed by atoms with E-state index < -0.39 is 81.2 Å². The SMILES string of the molecule is COc1cc(C2C3=CCC4C(=O)N(c5ccc(N6CCOCC6)cc5)C(=O)C4C3CC3C(=O)N(Nc4ncc(C(F)(F)F)cc4Cl)C(=O)C32c2ccc(Cl)cc2)cc(Cl)c1O. The lowest BCUT2D eigenvalue weighted by molar-refractivity contribution is -0.139. The second kappa shape index (κ2) is 15.2. The van der Waals surface area contributed by atoms with Gasteiger partial charge in [0.15, 0.2) is 17.3 Å². The number of benzene rings is 3. The number of fused-ring (bicyclic) bond motifs is 4. The largest absolute Gasteiger partial charge is 0.503 e. The second-order valence-corrected chi connectivity index (χ2v) is 16.9. The molecule has 1 aromatic heterocycles. The zero-order chi connectivity index (χ0) is 43.1. The number of allylic oxidation sites excluding steroid dienone is 2. The molecule has 4 heterocycles. The number of alkyl halides is 3. The average molecular weight is 897 g/mol. The first kappa shape index (κ1) is 41.0. The van der Waals surface area contributed by atoms with Gasteiger partial charge in [-0.25, -0.2) is 4.98 Å². The molecule has 3 aromatic carbocycles. The van der Waals surface area contributed by atoms with E-state index in [1.807, 2.05) is 18.2 Å². The summed E-state index contributed by atoms with van der Waals surface area (Å²) in [5, 5.41) is 11.2. The summed E-state index contributed by atoms with van der Waals surface area (Å²) in [7, 11) is 1.32. The standard InChI is InChI=1S/C43H35Cl3F3N5O7/c1-60-33-17-21(16-31(45)36(33)55)35-27-10-11-28-34(40(58)53(38(28)56)26-8-6-25(7-9-26)52-12-14-61-15-13-52)29(27)19-30-39(57)54(41(59)42(30,35)22-2-4-24(44)5-3-22)51-37-32(46)18-23(20-50-37)43(47,48)49/h2-10,16-18,20,28-30,34-35,55H,11-15,19H2,1H3,(H,50,51). The Morgan fingerprint density at radius 2 is 1.57 bits per heavy atom. The van der Waals surface area contributed by atoms with Crippen LogP contribution in [0, 0.1) is 23.7 Å². The number of amides is 4. The Morgan fingerprint density at radius 3 is 2.23 bits per heavy atom. The van der Waals surface area contributed by atoms with Crippen molar-refractivity contribution in [3.63, 3.8) is 0 Å². The molecule has 0 spiro atoms. The number of hydrazine groups is 1. The summed E-state index contributed by atoms with van der Waals surface area (Å²) < 4.78 is 51.7. The molecule has 1 saturated carbocycles. The van der Waals surface area contributed by atoms with E-state index in [4.69, 9.17) is 44.3 Å². The van der Waals surface area contributed by atoms with Gasteiger partial charge in [-0.3, -0.25) is 29.5 Å². The van der Waals surface area contributed by atoms with Crippen LogP contribution >= 0.6 is 34.8 Å². The average Bonchev–Trinajstić information content (AvgIpc) is 3.63. The molecule has 9 rings (SSSR count). The van der Waals surface area contributed by atoms with Crippen molar-refractivity contribution in [3.05, 3.63) is 116 Å². The molecule has 5 aliphatic rings. The van der Waals surface area contributed by atoms with E-state index in [1.165, 1.54) is 24.1 Å². The summed E-state index contributed by atoms with van der Waals surface area (Å²) >= 11 is 19.3. The van der Waals surface area contributed by atoms with Crippen molar-refractivity contribution in [3.8, 4) is 11.5 Å². The Kier molecular flexibility index (Phi) is 10.2. The fourth-order valence-corrected chi connectivity index (χ4v) is 10.5. The monoisotopic (exact) mass is 895 g/mol. The molecule has 4 fully saturated rings. The first-order chi connectivity index (χ1) is 29.1. The molecule has 18 heteroatoms. The molecule has 0 bridgehead atoms. The first-order valence-corrected chi connectivity index (χ1v) is 20.5. The van der Waals surface area contributed by atoms with Crippen molar-refractivity contribution >= 4 is 75.6 Å². The van der Waals surface area contributed by atoms with E-state index in [-0.39, 0.29) is 29.4 Å². The Bertz CT molecular complexity index is 2520. The molecule has 4 aromatic rings. The number of morpholine rings is 1. The molecule has 12 nitrogen and oxygen atoms in total. The minimum absolute atomic E-state index is 0.0342. The summed E-state index contributed by atoms with van der Waals surface area (Å²) in [6.45, 7) is 2.55. The first-order valence-electron chi connectivity index (χ1n) is 19.4. The van der Waals surface area contributed by atoms with Gasteiger partial charge in [-0.2, -0.15) is 18.2 Å². The minimum atomic E-state index is -4.77. The van der Waals surface area contributed by atoms with Crippen LogP contribution in [0.25, 0.3) is 0 Å². The van der Waals surface area contributed by atoms with Gasteiger partial charge in [0.05, 0.1) is 64.8 Å². The van der Waals surface area contributed by atoms with Gasteiger partial charge in [0.25, 0.3) is 11.8 Å². The van der Waals surface area contributed by atoms with E-state index in [0.717, 1.165) is 5.69 Å². The number of nitrogens with zero attached hydrogens (tertiary/aromatic N) is 4. The number of anilines is 3. The van der Waals surface area contributed by atoms with E-state index in [2.05, 4.69) is 15.3 Å². The van der Waals surface area contributed by atoms with Crippen LogP contribution in [0.3, 0.4) is 0 Å². The number of methoxy groups -OCH3 is 1. The molecule has 3 saturated heterocycles. The lowest BCUT2D eigenvalue weighted by Crippen LogP contribution is -2.53. The third-order valence-corrected chi connectivity index (χ3v) is 13.5. The highest BCUT2D eigenvalue weighted by molar-refractivity contribution is 6.33. The minimum Gasteiger partial charge on any atom is -0.503 e. The van der Waals surface area contributed by atoms with Crippen LogP contribution in [0.1, 0.15) is 35.4 Å². The van der Waals surface area contributed by atoms with Crippen LogP contribution in [0.2, 0.25) is 15.1 Å². The lowest BCUT2D eigenvalue weighted by atomic mass is 9.49. The number of carbonyl (C=O) groups excluding carboxylic acids is 4. The van der Waals surface area contributed by atoms with Gasteiger partial charge in [0.1, 0.15) is 0 Å². The highest BCUT2D eigenvalue weighted by atomic mass is 35.5. The van der Waals surface area contributed by atoms with Crippen LogP contribution in [0.4, 0.5) is 30.4 Å². The predicted molar refractivity (Wildman–Crippen MR) is 219 cm³/mol. The van der Waals surface area contributed by atoms with Crippen LogP contribution in [0.15, 0.2) is 84.6 Å². The van der Waals surface area contributed by atoms with Crippen molar-refractivity contribution < 1.29 is 46.9 Å². The number of ether oxygens (including phenoxy) is 2. The number of carbonyl (C=O) groups is 4. The van der Waals surface area contributed by atoms with Gasteiger partial charge in [-0.1, -0.05) is 58.6 Å². The number of rotatable bonds is 7. The van der Waals surface area contributed by atoms with E-state index in [1.54, 1.807) is 36.4 Å². The zero-order valence-electron chi connectivity index (χ0n) is 32.1. The summed E-state index contributed by atoms with van der Waals surface area (Å²) in [6.07, 6.45) is -2.37. The lowest BCUT2D eigenvalue weighted by Gasteiger charge is -2.50. The molecule has 4 amide bonds. The number of nitrogens with one attached hydrogen (secondary N) is 1. The number of phenolic OH excluding ortho intramolecular Hbond substituents is 1. The van der Waals surface area contributed by atoms with E-state index in [9.17, 15) is 27.9 Å². The van der Waals surface area contributed by atoms with Crippen molar-refractivity contribution in [2.45, 2.75) is 30.4 Å². The number of aromatic hydroxyl groups is 1. The Morgan fingerprint density at radius 1 is 0.885 bits per heavy atom.